The Hall–Kier alpha value is -2.08. The fourth-order valence-corrected chi connectivity index (χ4v) is 1.23. The minimum Gasteiger partial charge on any atom is -0.482 e. The first kappa shape index (κ1) is 14.0. The Morgan fingerprint density at radius 3 is 2.83 bits per heavy atom. The zero-order chi connectivity index (χ0) is 13.5. The van der Waals surface area contributed by atoms with E-state index in [1.54, 1.807) is 24.3 Å². The molecule has 0 aliphatic rings. The third-order valence-electron chi connectivity index (χ3n) is 2.24. The van der Waals surface area contributed by atoms with Crippen molar-refractivity contribution in [1.82, 2.24) is 0 Å². The monoisotopic (exact) mass is 252 g/mol. The van der Waals surface area contributed by atoms with Gasteiger partial charge in [0, 0.05) is 11.8 Å². The summed E-state index contributed by atoms with van der Waals surface area (Å²) in [6, 6.07) is 5.92. The van der Waals surface area contributed by atoms with Crippen LogP contribution in [0.5, 0.6) is 5.75 Å². The van der Waals surface area contributed by atoms with Gasteiger partial charge in [-0.15, -0.1) is 0 Å². The van der Waals surface area contributed by atoms with Crippen molar-refractivity contribution in [2.45, 2.75) is 19.4 Å². The summed E-state index contributed by atoms with van der Waals surface area (Å²) in [7, 11) is 0. The number of carbonyl (C=O) groups excluding carboxylic acids is 1. The smallest absolute Gasteiger partial charge is 0.341 e. The lowest BCUT2D eigenvalue weighted by Gasteiger charge is -2.11. The van der Waals surface area contributed by atoms with E-state index >= 15 is 0 Å². The summed E-state index contributed by atoms with van der Waals surface area (Å²) in [5.41, 5.74) is 6.10. The number of benzene rings is 1. The van der Waals surface area contributed by atoms with Gasteiger partial charge in [0.25, 0.3) is 0 Å². The molecule has 0 aliphatic carbocycles. The van der Waals surface area contributed by atoms with Crippen LogP contribution < -0.4 is 15.8 Å². The molecule has 0 aliphatic heterocycles. The molecule has 0 spiro atoms. The topological polar surface area (TPSA) is 102 Å². The number of ether oxygens (including phenoxy) is 1. The summed E-state index contributed by atoms with van der Waals surface area (Å²) in [5.74, 6) is -0.967. The third-order valence-corrected chi connectivity index (χ3v) is 2.24. The van der Waals surface area contributed by atoms with E-state index < -0.39 is 18.6 Å². The summed E-state index contributed by atoms with van der Waals surface area (Å²) in [5, 5.41) is 11.1. The predicted octanol–water partition coefficient (Wildman–Crippen LogP) is 0.826. The molecule has 4 N–H and O–H groups in total. The standard InChI is InChI=1S/C12H16N2O4/c1-2-10(13)12(17)14-8-4-3-5-9(6-8)18-7-11(15)16/h3-6,10H,2,7,13H2,1H3,(H,14,17)(H,15,16). The molecule has 6 heteroatoms. The molecule has 0 aromatic heterocycles. The van der Waals surface area contributed by atoms with Crippen molar-refractivity contribution in [3.8, 4) is 5.75 Å². The number of hydrogen-bond acceptors (Lipinski definition) is 4. The molecule has 1 unspecified atom stereocenters. The Morgan fingerprint density at radius 1 is 1.50 bits per heavy atom. The number of carbonyl (C=O) groups is 2. The highest BCUT2D eigenvalue weighted by Crippen LogP contribution is 2.17. The quantitative estimate of drug-likeness (QED) is 0.696. The van der Waals surface area contributed by atoms with Crippen LogP contribution in [0.1, 0.15) is 13.3 Å². The summed E-state index contributed by atoms with van der Waals surface area (Å²) in [4.78, 5) is 21.9. The van der Waals surface area contributed by atoms with Crippen molar-refractivity contribution in [3.05, 3.63) is 24.3 Å². The molecular formula is C12H16N2O4. The second-order valence-corrected chi connectivity index (χ2v) is 3.71. The average molecular weight is 252 g/mol. The lowest BCUT2D eigenvalue weighted by molar-refractivity contribution is -0.139. The number of carboxylic acid groups (broad SMARTS) is 1. The van der Waals surface area contributed by atoms with Gasteiger partial charge in [-0.05, 0) is 18.6 Å². The number of anilines is 1. The molecule has 6 nitrogen and oxygen atoms in total. The van der Waals surface area contributed by atoms with Crippen molar-refractivity contribution >= 4 is 17.6 Å². The molecule has 1 amide bonds. The van der Waals surface area contributed by atoms with E-state index in [2.05, 4.69) is 5.32 Å². The highest BCUT2D eigenvalue weighted by atomic mass is 16.5. The Kier molecular flexibility index (Phi) is 5.13. The number of nitrogens with one attached hydrogen (secondary N) is 1. The number of aliphatic carboxylic acids is 1. The van der Waals surface area contributed by atoms with E-state index in [-0.39, 0.29) is 5.91 Å². The number of carboxylic acids is 1. The van der Waals surface area contributed by atoms with E-state index in [0.717, 1.165) is 0 Å². The van der Waals surface area contributed by atoms with Crippen LogP contribution in [0.25, 0.3) is 0 Å². The molecule has 1 aromatic rings. The van der Waals surface area contributed by atoms with Crippen molar-refractivity contribution in [3.63, 3.8) is 0 Å². The Morgan fingerprint density at radius 2 is 2.22 bits per heavy atom. The van der Waals surface area contributed by atoms with Gasteiger partial charge in [-0.25, -0.2) is 4.79 Å². The second-order valence-electron chi connectivity index (χ2n) is 3.71. The van der Waals surface area contributed by atoms with E-state index in [0.29, 0.717) is 17.9 Å². The zero-order valence-electron chi connectivity index (χ0n) is 10.1. The second kappa shape index (κ2) is 6.61. The van der Waals surface area contributed by atoms with E-state index in [9.17, 15) is 9.59 Å². The summed E-state index contributed by atoms with van der Waals surface area (Å²) in [6.45, 7) is 1.39. The fraction of sp³-hybridized carbons (Fsp3) is 0.333. The number of hydrogen-bond donors (Lipinski definition) is 3. The largest absolute Gasteiger partial charge is 0.482 e. The molecule has 0 fully saturated rings. The molecule has 0 heterocycles. The van der Waals surface area contributed by atoms with Crippen LogP contribution in [0, 0.1) is 0 Å². The van der Waals surface area contributed by atoms with Gasteiger partial charge in [0.1, 0.15) is 5.75 Å². The van der Waals surface area contributed by atoms with Crippen LogP contribution in [0.4, 0.5) is 5.69 Å². The van der Waals surface area contributed by atoms with E-state index in [1.807, 2.05) is 6.92 Å². The number of amides is 1. The molecular weight excluding hydrogens is 236 g/mol. The van der Waals surface area contributed by atoms with Crippen LogP contribution in [-0.2, 0) is 9.59 Å². The van der Waals surface area contributed by atoms with E-state index in [4.69, 9.17) is 15.6 Å². The summed E-state index contributed by atoms with van der Waals surface area (Å²) >= 11 is 0. The lowest BCUT2D eigenvalue weighted by atomic mass is 10.2. The molecule has 1 atom stereocenters. The minimum atomic E-state index is -1.06. The normalized spacial score (nSPS) is 11.7. The third kappa shape index (κ3) is 4.42. The fourth-order valence-electron chi connectivity index (χ4n) is 1.23. The molecule has 98 valence electrons. The SMILES string of the molecule is CCC(N)C(=O)Nc1cccc(OCC(=O)O)c1. The molecule has 18 heavy (non-hydrogen) atoms. The summed E-state index contributed by atoms with van der Waals surface area (Å²) in [6.07, 6.45) is 0.543. The van der Waals surface area contributed by atoms with Gasteiger partial charge in [0.2, 0.25) is 5.91 Å². The van der Waals surface area contributed by atoms with Crippen LogP contribution in [0.15, 0.2) is 24.3 Å². The first-order chi connectivity index (χ1) is 8.52. The average Bonchev–Trinajstić information content (AvgIpc) is 2.35. The number of rotatable bonds is 6. The van der Waals surface area contributed by atoms with Crippen molar-refractivity contribution < 1.29 is 19.4 Å². The van der Waals surface area contributed by atoms with Crippen LogP contribution in [0.2, 0.25) is 0 Å². The van der Waals surface area contributed by atoms with Gasteiger partial charge in [0.05, 0.1) is 6.04 Å². The predicted molar refractivity (Wildman–Crippen MR) is 66.5 cm³/mol. The van der Waals surface area contributed by atoms with Crippen molar-refractivity contribution in [1.29, 1.82) is 0 Å². The van der Waals surface area contributed by atoms with Gasteiger partial charge in [0.15, 0.2) is 6.61 Å². The first-order valence-electron chi connectivity index (χ1n) is 5.54. The van der Waals surface area contributed by atoms with E-state index in [1.165, 1.54) is 0 Å². The molecule has 0 saturated heterocycles. The Bertz CT molecular complexity index is 434. The zero-order valence-corrected chi connectivity index (χ0v) is 10.1. The molecule has 0 bridgehead atoms. The van der Waals surface area contributed by atoms with Crippen LogP contribution in [-0.4, -0.2) is 29.6 Å². The van der Waals surface area contributed by atoms with Gasteiger partial charge in [-0.1, -0.05) is 13.0 Å². The highest BCUT2D eigenvalue weighted by molar-refractivity contribution is 5.94. The lowest BCUT2D eigenvalue weighted by Crippen LogP contribution is -2.34. The molecule has 0 saturated carbocycles. The maximum absolute atomic E-state index is 11.5. The Labute approximate surface area is 105 Å². The van der Waals surface area contributed by atoms with Gasteiger partial charge >= 0.3 is 5.97 Å². The summed E-state index contributed by atoms with van der Waals surface area (Å²) < 4.78 is 4.99. The Balaban J connectivity index is 2.64. The maximum atomic E-state index is 11.5. The highest BCUT2D eigenvalue weighted by Gasteiger charge is 2.11. The van der Waals surface area contributed by atoms with Crippen LogP contribution >= 0.6 is 0 Å². The maximum Gasteiger partial charge on any atom is 0.341 e. The molecule has 0 radical (unpaired) electrons. The molecule has 1 aromatic carbocycles. The van der Waals surface area contributed by atoms with Crippen molar-refractivity contribution in [2.24, 2.45) is 5.73 Å². The molecule has 1 rings (SSSR count). The van der Waals surface area contributed by atoms with Gasteiger partial charge in [-0.2, -0.15) is 0 Å². The first-order valence-corrected chi connectivity index (χ1v) is 5.54. The van der Waals surface area contributed by atoms with Crippen LogP contribution in [0.3, 0.4) is 0 Å². The minimum absolute atomic E-state index is 0.284. The number of nitrogens with two attached hydrogens (primary N) is 1. The van der Waals surface area contributed by atoms with Gasteiger partial charge in [-0.3, -0.25) is 4.79 Å². The van der Waals surface area contributed by atoms with Crippen molar-refractivity contribution in [2.75, 3.05) is 11.9 Å². The van der Waals surface area contributed by atoms with Gasteiger partial charge < -0.3 is 20.9 Å².